The normalized spacial score (nSPS) is 33.1. The third-order valence-electron chi connectivity index (χ3n) is 2.46. The van der Waals surface area contributed by atoms with Gasteiger partial charge in [0.1, 0.15) is 0 Å². The molecule has 0 spiro atoms. The summed E-state index contributed by atoms with van der Waals surface area (Å²) in [6, 6.07) is 0. The number of hydrogen-bond acceptors (Lipinski definition) is 0. The van der Waals surface area contributed by atoms with Gasteiger partial charge in [0.25, 0.3) is 0 Å². The first-order valence-electron chi connectivity index (χ1n) is 3.91. The van der Waals surface area contributed by atoms with Crippen molar-refractivity contribution in [1.82, 2.24) is 0 Å². The summed E-state index contributed by atoms with van der Waals surface area (Å²) in [6.45, 7) is 0. The molecule has 0 heterocycles. The second-order valence-corrected chi connectivity index (χ2v) is 7.42. The molecule has 116 valence electrons. The molecule has 1 aliphatic carbocycles. The predicted molar refractivity (Wildman–Crippen MR) is 37.5 cm³/mol. The van der Waals surface area contributed by atoms with Crippen LogP contribution in [-0.2, 0) is 0 Å². The van der Waals surface area contributed by atoms with Crippen molar-refractivity contribution in [2.75, 3.05) is 0 Å². The molecule has 19 heavy (non-hydrogen) atoms. The van der Waals surface area contributed by atoms with Gasteiger partial charge in [-0.2, -0.15) is 0 Å². The van der Waals surface area contributed by atoms with E-state index in [1.807, 2.05) is 0 Å². The van der Waals surface area contributed by atoms with Gasteiger partial charge >= 0.3 is 113 Å². The Balaban J connectivity index is 3.76. The van der Waals surface area contributed by atoms with E-state index in [-0.39, 0.29) is 0 Å². The fourth-order valence-corrected chi connectivity index (χ4v) is 4.99. The molecule has 13 heteroatoms. The van der Waals surface area contributed by atoms with E-state index in [1.54, 1.807) is 12.7 Å². The second kappa shape index (κ2) is 4.00. The maximum absolute atomic E-state index is 13.4. The van der Waals surface area contributed by atoms with E-state index in [0.717, 1.165) is 0 Å². The summed E-state index contributed by atoms with van der Waals surface area (Å²) in [6.07, 6.45) is 0. The monoisotopic (exact) mass is 487 g/mol. The zero-order valence-corrected chi connectivity index (χ0v) is 11.7. The molecular formula is C6BrF11I-. The van der Waals surface area contributed by atoms with Crippen LogP contribution in [0.15, 0.2) is 0 Å². The van der Waals surface area contributed by atoms with Crippen molar-refractivity contribution in [2.24, 2.45) is 0 Å². The Kier molecular flexibility index (Phi) is 3.68. The van der Waals surface area contributed by atoms with Gasteiger partial charge in [-0.1, -0.05) is 0 Å². The molecule has 0 aromatic rings. The van der Waals surface area contributed by atoms with Gasteiger partial charge in [-0.25, -0.2) is 0 Å². The average Bonchev–Trinajstić information content (AvgIpc) is 2.24. The van der Waals surface area contributed by atoms with E-state index in [4.69, 9.17) is 0 Å². The molecule has 0 unspecified atom stereocenters. The minimum atomic E-state index is -7.12. The summed E-state index contributed by atoms with van der Waals surface area (Å²) >= 11 is -1.76. The Morgan fingerprint density at radius 3 is 0.895 bits per heavy atom. The van der Waals surface area contributed by atoms with E-state index >= 15 is 0 Å². The Bertz CT molecular complexity index is 361. The first-order chi connectivity index (χ1) is 8.06. The molecule has 0 atom stereocenters. The molecular weight excluding hydrogens is 488 g/mol. The third kappa shape index (κ3) is 1.51. The number of hydrogen-bond donors (Lipinski definition) is 0. The van der Waals surface area contributed by atoms with Crippen molar-refractivity contribution >= 4 is 12.7 Å². The molecule has 1 fully saturated rings. The molecule has 0 nitrogen and oxygen atoms in total. The molecule has 0 aromatic carbocycles. The van der Waals surface area contributed by atoms with E-state index in [1.165, 1.54) is 0 Å². The van der Waals surface area contributed by atoms with Crippen molar-refractivity contribution in [3.8, 4) is 0 Å². The van der Waals surface area contributed by atoms with Crippen LogP contribution in [0.5, 0.6) is 0 Å². The SMILES string of the molecule is FC1(F)C(F)(F)C(F)(F)C(F)([I-]Br)C(F)(F)C1(F)F. The van der Waals surface area contributed by atoms with Crippen LogP contribution in [0.25, 0.3) is 0 Å². The minimum absolute atomic E-state index is 1.72. The van der Waals surface area contributed by atoms with Gasteiger partial charge < -0.3 is 0 Å². The van der Waals surface area contributed by atoms with E-state index < -0.39 is 52.3 Å². The molecule has 1 saturated carbocycles. The van der Waals surface area contributed by atoms with Crippen LogP contribution >= 0.6 is 12.7 Å². The maximum atomic E-state index is 13.4. The van der Waals surface area contributed by atoms with Gasteiger partial charge in [0.15, 0.2) is 0 Å². The van der Waals surface area contributed by atoms with Gasteiger partial charge in [0.05, 0.1) is 0 Å². The number of rotatable bonds is 1. The van der Waals surface area contributed by atoms with Crippen LogP contribution in [0.2, 0.25) is 0 Å². The van der Waals surface area contributed by atoms with Crippen LogP contribution in [0, 0.1) is 0 Å². The molecule has 0 bridgehead atoms. The first-order valence-corrected chi connectivity index (χ1v) is 9.83. The van der Waals surface area contributed by atoms with Crippen LogP contribution in [-0.4, -0.2) is 33.3 Å². The summed E-state index contributed by atoms with van der Waals surface area (Å²) in [7, 11) is 0. The summed E-state index contributed by atoms with van der Waals surface area (Å²) in [4.78, 5) is 0. The zero-order chi connectivity index (χ0) is 15.7. The molecule has 0 saturated heterocycles. The second-order valence-electron chi connectivity index (χ2n) is 3.52. The zero-order valence-electron chi connectivity index (χ0n) is 7.91. The van der Waals surface area contributed by atoms with E-state index in [9.17, 15) is 48.3 Å². The molecule has 0 aromatic heterocycles. The molecule has 1 rings (SSSR count). The summed E-state index contributed by atoms with van der Waals surface area (Å²) in [5, 5.41) is 0. The van der Waals surface area contributed by atoms with Crippen molar-refractivity contribution in [1.29, 1.82) is 0 Å². The van der Waals surface area contributed by atoms with Gasteiger partial charge in [-0.05, 0) is 0 Å². The Labute approximate surface area is 113 Å². The molecule has 0 amide bonds. The standard InChI is InChI=1S/C6BrF11I/c7-19-6(18)4(14,15)2(10,11)1(8,9)3(12,13)5(6,16)17/q-1. The number of halogens is 13. The van der Waals surface area contributed by atoms with Gasteiger partial charge in [-0.15, -0.1) is 0 Å². The van der Waals surface area contributed by atoms with Crippen LogP contribution in [0.4, 0.5) is 48.3 Å². The quantitative estimate of drug-likeness (QED) is 0.297. The Hall–Kier alpha value is 0.440. The Morgan fingerprint density at radius 1 is 0.474 bits per heavy atom. The molecule has 1 aliphatic rings. The van der Waals surface area contributed by atoms with Crippen molar-refractivity contribution in [3.05, 3.63) is 0 Å². The average molecular weight is 488 g/mol. The van der Waals surface area contributed by atoms with Crippen LogP contribution in [0.1, 0.15) is 0 Å². The van der Waals surface area contributed by atoms with Gasteiger partial charge in [0, 0.05) is 0 Å². The molecule has 0 radical (unpaired) electrons. The summed E-state index contributed by atoms with van der Waals surface area (Å²) < 4.78 is 135. The van der Waals surface area contributed by atoms with Crippen molar-refractivity contribution in [3.63, 3.8) is 0 Å². The van der Waals surface area contributed by atoms with Gasteiger partial charge in [0.2, 0.25) is 0 Å². The van der Waals surface area contributed by atoms with Crippen molar-refractivity contribution < 1.29 is 67.3 Å². The summed E-state index contributed by atoms with van der Waals surface area (Å²) in [5.74, 6) is -34.4. The molecule has 0 aliphatic heterocycles. The predicted octanol–water partition coefficient (Wildman–Crippen LogP) is 1.24. The van der Waals surface area contributed by atoms with Crippen LogP contribution in [0.3, 0.4) is 0 Å². The summed E-state index contributed by atoms with van der Waals surface area (Å²) in [5.41, 5.74) is 0. The Morgan fingerprint density at radius 2 is 0.684 bits per heavy atom. The third-order valence-corrected chi connectivity index (χ3v) is 7.15. The van der Waals surface area contributed by atoms with Crippen molar-refractivity contribution in [2.45, 2.75) is 33.3 Å². The topological polar surface area (TPSA) is 0 Å². The number of alkyl halides is 12. The first kappa shape index (κ1) is 17.5. The van der Waals surface area contributed by atoms with Gasteiger partial charge in [-0.3, -0.25) is 0 Å². The fraction of sp³-hybridized carbons (Fsp3) is 1.00. The fourth-order valence-electron chi connectivity index (χ4n) is 1.27. The van der Waals surface area contributed by atoms with E-state index in [2.05, 4.69) is 0 Å². The molecule has 0 N–H and O–H groups in total. The van der Waals surface area contributed by atoms with Crippen LogP contribution < -0.4 is 19.0 Å². The van der Waals surface area contributed by atoms with E-state index in [0.29, 0.717) is 0 Å².